The standard InChI is InChI=1S/C15H24ClN3.2ClH/c1-2-3-4-15(19-9-7-18-8-10-19)13-11-12(16)5-6-14(13)17;;/h5-6,11,15,18H,2-4,7-10,17H2,1H3;2*1H/t15-;;/m0../s1. The lowest BCUT2D eigenvalue weighted by molar-refractivity contribution is 0.163. The van der Waals surface area contributed by atoms with Crippen LogP contribution in [0.2, 0.25) is 5.02 Å². The predicted octanol–water partition coefficient (Wildman–Crippen LogP) is 3.90. The number of nitrogens with zero attached hydrogens (tertiary/aromatic N) is 1. The average Bonchev–Trinajstić information content (AvgIpc) is 2.44. The van der Waals surface area contributed by atoms with Crippen molar-refractivity contribution in [2.24, 2.45) is 0 Å². The molecular formula is C15H26Cl3N3. The summed E-state index contributed by atoms with van der Waals surface area (Å²) in [7, 11) is 0. The monoisotopic (exact) mass is 353 g/mol. The van der Waals surface area contributed by atoms with E-state index >= 15 is 0 Å². The molecule has 0 unspecified atom stereocenters. The summed E-state index contributed by atoms with van der Waals surface area (Å²) < 4.78 is 0. The third-order valence-electron chi connectivity index (χ3n) is 3.83. The molecule has 1 aromatic rings. The predicted molar refractivity (Wildman–Crippen MR) is 97.1 cm³/mol. The summed E-state index contributed by atoms with van der Waals surface area (Å²) in [4.78, 5) is 2.54. The van der Waals surface area contributed by atoms with Gasteiger partial charge in [-0.25, -0.2) is 0 Å². The third-order valence-corrected chi connectivity index (χ3v) is 4.07. The van der Waals surface area contributed by atoms with E-state index in [4.69, 9.17) is 17.3 Å². The molecular weight excluding hydrogens is 329 g/mol. The van der Waals surface area contributed by atoms with E-state index in [-0.39, 0.29) is 24.8 Å². The maximum Gasteiger partial charge on any atom is 0.0410 e. The second kappa shape index (κ2) is 10.5. The normalized spacial score (nSPS) is 16.7. The number of piperazine rings is 1. The Labute approximate surface area is 145 Å². The fourth-order valence-corrected chi connectivity index (χ4v) is 2.94. The van der Waals surface area contributed by atoms with Crippen molar-refractivity contribution in [3.63, 3.8) is 0 Å². The number of unbranched alkanes of at least 4 members (excludes halogenated alkanes) is 1. The molecule has 2 rings (SSSR count). The van der Waals surface area contributed by atoms with Crippen molar-refractivity contribution in [2.75, 3.05) is 31.9 Å². The van der Waals surface area contributed by atoms with Gasteiger partial charge in [0.05, 0.1) is 0 Å². The summed E-state index contributed by atoms with van der Waals surface area (Å²) in [5.74, 6) is 0. The number of halogens is 3. The minimum absolute atomic E-state index is 0. The number of benzene rings is 1. The van der Waals surface area contributed by atoms with Crippen LogP contribution in [0.5, 0.6) is 0 Å². The van der Waals surface area contributed by atoms with Gasteiger partial charge in [0.15, 0.2) is 0 Å². The van der Waals surface area contributed by atoms with Gasteiger partial charge in [-0.3, -0.25) is 4.90 Å². The highest BCUT2D eigenvalue weighted by Gasteiger charge is 2.23. The van der Waals surface area contributed by atoms with E-state index in [0.29, 0.717) is 6.04 Å². The minimum atomic E-state index is 0. The summed E-state index contributed by atoms with van der Waals surface area (Å²) in [5.41, 5.74) is 8.23. The summed E-state index contributed by atoms with van der Waals surface area (Å²) in [6, 6.07) is 6.24. The number of nitrogens with one attached hydrogen (secondary N) is 1. The molecule has 1 saturated heterocycles. The van der Waals surface area contributed by atoms with Gasteiger partial charge in [0.2, 0.25) is 0 Å². The largest absolute Gasteiger partial charge is 0.398 e. The van der Waals surface area contributed by atoms with Gasteiger partial charge in [-0.2, -0.15) is 0 Å². The first-order valence-electron chi connectivity index (χ1n) is 7.22. The zero-order valence-corrected chi connectivity index (χ0v) is 14.9. The number of nitrogen functional groups attached to an aromatic ring is 1. The van der Waals surface area contributed by atoms with Crippen LogP contribution in [0, 0.1) is 0 Å². The molecule has 0 amide bonds. The summed E-state index contributed by atoms with van der Waals surface area (Å²) >= 11 is 6.15. The van der Waals surface area contributed by atoms with Crippen molar-refractivity contribution in [3.8, 4) is 0 Å². The van der Waals surface area contributed by atoms with Gasteiger partial charge in [-0.05, 0) is 30.2 Å². The summed E-state index contributed by atoms with van der Waals surface area (Å²) in [6.07, 6.45) is 3.59. The lowest BCUT2D eigenvalue weighted by atomic mass is 9.97. The van der Waals surface area contributed by atoms with Crippen molar-refractivity contribution < 1.29 is 0 Å². The Hall–Kier alpha value is -0.190. The fraction of sp³-hybridized carbons (Fsp3) is 0.600. The Morgan fingerprint density at radius 3 is 2.57 bits per heavy atom. The molecule has 0 radical (unpaired) electrons. The zero-order chi connectivity index (χ0) is 13.7. The molecule has 1 fully saturated rings. The molecule has 1 aliphatic heterocycles. The first-order valence-corrected chi connectivity index (χ1v) is 7.60. The van der Waals surface area contributed by atoms with E-state index < -0.39 is 0 Å². The highest BCUT2D eigenvalue weighted by Crippen LogP contribution is 2.32. The Morgan fingerprint density at radius 1 is 1.29 bits per heavy atom. The van der Waals surface area contributed by atoms with Crippen LogP contribution in [-0.2, 0) is 0 Å². The maximum atomic E-state index is 6.17. The van der Waals surface area contributed by atoms with E-state index in [1.165, 1.54) is 18.4 Å². The van der Waals surface area contributed by atoms with E-state index in [0.717, 1.165) is 43.3 Å². The maximum absolute atomic E-state index is 6.17. The van der Waals surface area contributed by atoms with Crippen molar-refractivity contribution in [1.29, 1.82) is 0 Å². The smallest absolute Gasteiger partial charge is 0.0410 e. The Bertz CT molecular complexity index is 409. The van der Waals surface area contributed by atoms with E-state index in [2.05, 4.69) is 17.1 Å². The van der Waals surface area contributed by atoms with Crippen LogP contribution in [0.25, 0.3) is 0 Å². The highest BCUT2D eigenvalue weighted by atomic mass is 35.5. The Kier molecular flexibility index (Phi) is 10.4. The summed E-state index contributed by atoms with van der Waals surface area (Å²) in [6.45, 7) is 6.52. The Morgan fingerprint density at radius 2 is 1.95 bits per heavy atom. The fourth-order valence-electron chi connectivity index (χ4n) is 2.76. The van der Waals surface area contributed by atoms with Gasteiger partial charge in [0.25, 0.3) is 0 Å². The molecule has 122 valence electrons. The lowest BCUT2D eigenvalue weighted by Crippen LogP contribution is -2.45. The van der Waals surface area contributed by atoms with Crippen LogP contribution in [0.15, 0.2) is 18.2 Å². The average molecular weight is 355 g/mol. The molecule has 0 aromatic heterocycles. The summed E-state index contributed by atoms with van der Waals surface area (Å²) in [5, 5.41) is 4.18. The van der Waals surface area contributed by atoms with Crippen LogP contribution in [-0.4, -0.2) is 31.1 Å². The van der Waals surface area contributed by atoms with E-state index in [9.17, 15) is 0 Å². The number of hydrogen-bond donors (Lipinski definition) is 2. The molecule has 0 bridgehead atoms. The topological polar surface area (TPSA) is 41.3 Å². The zero-order valence-electron chi connectivity index (χ0n) is 12.5. The molecule has 0 aliphatic carbocycles. The second-order valence-corrected chi connectivity index (χ2v) is 5.65. The van der Waals surface area contributed by atoms with Gasteiger partial charge in [-0.15, -0.1) is 24.8 Å². The highest BCUT2D eigenvalue weighted by molar-refractivity contribution is 6.30. The minimum Gasteiger partial charge on any atom is -0.398 e. The first-order chi connectivity index (χ1) is 9.22. The number of rotatable bonds is 5. The van der Waals surface area contributed by atoms with Gasteiger partial charge in [0.1, 0.15) is 0 Å². The first kappa shape index (κ1) is 20.8. The van der Waals surface area contributed by atoms with Gasteiger partial charge < -0.3 is 11.1 Å². The Balaban J connectivity index is 0.00000200. The van der Waals surface area contributed by atoms with E-state index in [1.807, 2.05) is 18.2 Å². The third kappa shape index (κ3) is 5.84. The molecule has 0 saturated carbocycles. The molecule has 3 N–H and O–H groups in total. The van der Waals surface area contributed by atoms with Crippen LogP contribution < -0.4 is 11.1 Å². The molecule has 1 heterocycles. The molecule has 3 nitrogen and oxygen atoms in total. The van der Waals surface area contributed by atoms with Crippen LogP contribution in [0.3, 0.4) is 0 Å². The molecule has 0 spiro atoms. The quantitative estimate of drug-likeness (QED) is 0.788. The molecule has 1 atom stereocenters. The second-order valence-electron chi connectivity index (χ2n) is 5.22. The van der Waals surface area contributed by atoms with Gasteiger partial charge in [-0.1, -0.05) is 31.4 Å². The van der Waals surface area contributed by atoms with Crippen molar-refractivity contribution in [2.45, 2.75) is 32.2 Å². The SMILES string of the molecule is CCCC[C@@H](c1cc(Cl)ccc1N)N1CCNCC1.Cl.Cl. The van der Waals surface area contributed by atoms with E-state index in [1.54, 1.807) is 0 Å². The van der Waals surface area contributed by atoms with Gasteiger partial charge in [0, 0.05) is 42.9 Å². The van der Waals surface area contributed by atoms with Crippen molar-refractivity contribution >= 4 is 42.1 Å². The van der Waals surface area contributed by atoms with Crippen LogP contribution in [0.1, 0.15) is 37.8 Å². The van der Waals surface area contributed by atoms with Gasteiger partial charge >= 0.3 is 0 Å². The number of hydrogen-bond acceptors (Lipinski definition) is 3. The van der Waals surface area contributed by atoms with Crippen LogP contribution >= 0.6 is 36.4 Å². The van der Waals surface area contributed by atoms with Crippen LogP contribution in [0.4, 0.5) is 5.69 Å². The molecule has 6 heteroatoms. The molecule has 1 aromatic carbocycles. The lowest BCUT2D eigenvalue weighted by Gasteiger charge is -2.36. The van der Waals surface area contributed by atoms with Crippen molar-refractivity contribution in [3.05, 3.63) is 28.8 Å². The number of anilines is 1. The molecule has 21 heavy (non-hydrogen) atoms. The number of nitrogens with two attached hydrogens (primary N) is 1. The van der Waals surface area contributed by atoms with Crippen molar-refractivity contribution in [1.82, 2.24) is 10.2 Å². The molecule has 1 aliphatic rings.